The van der Waals surface area contributed by atoms with Crippen LogP contribution in [0.5, 0.6) is 5.75 Å². The topological polar surface area (TPSA) is 24.5 Å². The fourth-order valence-corrected chi connectivity index (χ4v) is 2.20. The molecule has 0 aliphatic rings. The van der Waals surface area contributed by atoms with Gasteiger partial charge in [-0.05, 0) is 25.2 Å². The first-order chi connectivity index (χ1) is 9.15. The second-order valence-corrected chi connectivity index (χ2v) is 5.15. The molecule has 1 N–H and O–H groups in total. The lowest BCUT2D eigenvalue weighted by Crippen LogP contribution is -2.33. The number of nitrogens with one attached hydrogen (secondary N) is 1. The van der Waals surface area contributed by atoms with Gasteiger partial charge in [-0.15, -0.1) is 0 Å². The van der Waals surface area contributed by atoms with Crippen LogP contribution < -0.4 is 10.1 Å². The van der Waals surface area contributed by atoms with Crippen molar-refractivity contribution < 1.29 is 9.13 Å². The maximum atomic E-state index is 13.1. The Bertz CT molecular complexity index is 352. The summed E-state index contributed by atoms with van der Waals surface area (Å²) in [5, 5.41) is 3.31. The van der Waals surface area contributed by atoms with E-state index in [9.17, 15) is 4.39 Å². The molecule has 0 unspecified atom stereocenters. The molecule has 3 nitrogen and oxygen atoms in total. The van der Waals surface area contributed by atoms with Gasteiger partial charge in [0.2, 0.25) is 0 Å². The molecule has 1 rings (SSSR count). The number of halogens is 2. The second kappa shape index (κ2) is 9.28. The highest BCUT2D eigenvalue weighted by Crippen LogP contribution is 2.20. The summed E-state index contributed by atoms with van der Waals surface area (Å²) < 4.78 is 19.3. The average molecular weight is 333 g/mol. The summed E-state index contributed by atoms with van der Waals surface area (Å²) in [6, 6.07) is 4.56. The summed E-state index contributed by atoms with van der Waals surface area (Å²) >= 11 is 3.24. The fraction of sp³-hybridized carbons (Fsp3) is 0.571. The Hall–Kier alpha value is -0.650. The number of benzene rings is 1. The van der Waals surface area contributed by atoms with Gasteiger partial charge in [0.05, 0.1) is 0 Å². The molecule has 19 heavy (non-hydrogen) atoms. The van der Waals surface area contributed by atoms with E-state index in [0.29, 0.717) is 16.8 Å². The summed E-state index contributed by atoms with van der Waals surface area (Å²) in [7, 11) is 0. The van der Waals surface area contributed by atoms with E-state index in [-0.39, 0.29) is 5.82 Å². The van der Waals surface area contributed by atoms with Crippen LogP contribution in [0, 0.1) is 5.82 Å². The predicted octanol–water partition coefficient (Wildman–Crippen LogP) is 2.90. The Morgan fingerprint density at radius 3 is 2.58 bits per heavy atom. The van der Waals surface area contributed by atoms with Gasteiger partial charge in [-0.25, -0.2) is 4.39 Å². The van der Waals surface area contributed by atoms with Gasteiger partial charge in [0.1, 0.15) is 18.2 Å². The molecular formula is C14H22BrFN2O. The van der Waals surface area contributed by atoms with Crippen LogP contribution in [0.1, 0.15) is 13.8 Å². The Balaban J connectivity index is 2.14. The molecule has 1 aromatic carbocycles. The van der Waals surface area contributed by atoms with Gasteiger partial charge < -0.3 is 15.0 Å². The van der Waals surface area contributed by atoms with Crippen LogP contribution in [0.3, 0.4) is 0 Å². The van der Waals surface area contributed by atoms with Crippen LogP contribution in [0.25, 0.3) is 0 Å². The Labute approximate surface area is 123 Å². The first-order valence-corrected chi connectivity index (χ1v) is 7.47. The summed E-state index contributed by atoms with van der Waals surface area (Å²) in [4.78, 5) is 2.36. The molecule has 0 atom stereocenters. The molecular weight excluding hydrogens is 311 g/mol. The molecule has 0 radical (unpaired) electrons. The molecule has 1 aromatic rings. The summed E-state index contributed by atoms with van der Waals surface area (Å²) in [5.41, 5.74) is 0. The van der Waals surface area contributed by atoms with Crippen LogP contribution in [0.2, 0.25) is 0 Å². The van der Waals surface area contributed by atoms with Crippen molar-refractivity contribution in [3.8, 4) is 5.75 Å². The highest BCUT2D eigenvalue weighted by Gasteiger charge is 2.00. The van der Waals surface area contributed by atoms with E-state index in [1.54, 1.807) is 6.07 Å². The monoisotopic (exact) mass is 332 g/mol. The van der Waals surface area contributed by atoms with Crippen LogP contribution in [0.15, 0.2) is 22.7 Å². The molecule has 108 valence electrons. The third kappa shape index (κ3) is 6.89. The van der Waals surface area contributed by atoms with Crippen molar-refractivity contribution in [1.29, 1.82) is 0 Å². The first-order valence-electron chi connectivity index (χ1n) is 6.67. The standard InChI is InChI=1S/C14H22BrFN2O/c1-3-18(4-2)7-5-17-6-8-19-14-10-12(15)9-13(16)11-14/h9-11,17H,3-8H2,1-2H3. The number of ether oxygens (including phenoxy) is 1. The number of likely N-dealkylation sites (N-methyl/N-ethyl adjacent to an activating group) is 1. The average Bonchev–Trinajstić information content (AvgIpc) is 2.37. The lowest BCUT2D eigenvalue weighted by Gasteiger charge is -2.18. The smallest absolute Gasteiger partial charge is 0.128 e. The van der Waals surface area contributed by atoms with E-state index in [1.807, 2.05) is 0 Å². The van der Waals surface area contributed by atoms with Gasteiger partial charge in [0.15, 0.2) is 0 Å². The molecule has 0 amide bonds. The number of hydrogen-bond acceptors (Lipinski definition) is 3. The molecule has 0 saturated heterocycles. The normalized spacial score (nSPS) is 11.0. The minimum Gasteiger partial charge on any atom is -0.492 e. The molecule has 0 heterocycles. The van der Waals surface area contributed by atoms with Gasteiger partial charge >= 0.3 is 0 Å². The number of hydrogen-bond donors (Lipinski definition) is 1. The van der Waals surface area contributed by atoms with Crippen LogP contribution in [-0.4, -0.2) is 44.2 Å². The molecule has 0 saturated carbocycles. The highest BCUT2D eigenvalue weighted by molar-refractivity contribution is 9.10. The third-order valence-electron chi connectivity index (χ3n) is 2.88. The van der Waals surface area contributed by atoms with Crippen molar-refractivity contribution in [1.82, 2.24) is 10.2 Å². The SMILES string of the molecule is CCN(CC)CCNCCOc1cc(F)cc(Br)c1. The van der Waals surface area contributed by atoms with E-state index in [0.717, 1.165) is 32.7 Å². The van der Waals surface area contributed by atoms with Crippen LogP contribution in [0.4, 0.5) is 4.39 Å². The third-order valence-corrected chi connectivity index (χ3v) is 3.34. The van der Waals surface area contributed by atoms with Crippen molar-refractivity contribution in [3.05, 3.63) is 28.5 Å². The first kappa shape index (κ1) is 16.4. The van der Waals surface area contributed by atoms with E-state index in [1.165, 1.54) is 12.1 Å². The second-order valence-electron chi connectivity index (χ2n) is 4.23. The highest BCUT2D eigenvalue weighted by atomic mass is 79.9. The van der Waals surface area contributed by atoms with Crippen molar-refractivity contribution in [2.24, 2.45) is 0 Å². The largest absolute Gasteiger partial charge is 0.492 e. The summed E-state index contributed by atoms with van der Waals surface area (Å²) in [5.74, 6) is 0.260. The number of nitrogens with zero attached hydrogens (tertiary/aromatic N) is 1. The van der Waals surface area contributed by atoms with E-state index in [2.05, 4.69) is 40.0 Å². The molecule has 0 bridgehead atoms. The van der Waals surface area contributed by atoms with Crippen molar-refractivity contribution in [3.63, 3.8) is 0 Å². The van der Waals surface area contributed by atoms with Gasteiger partial charge in [0.25, 0.3) is 0 Å². The minimum atomic E-state index is -0.293. The van der Waals surface area contributed by atoms with Gasteiger partial charge in [0, 0.05) is 30.2 Å². The Kier molecular flexibility index (Phi) is 8.02. The van der Waals surface area contributed by atoms with Gasteiger partial charge in [-0.3, -0.25) is 0 Å². The van der Waals surface area contributed by atoms with Crippen molar-refractivity contribution in [2.45, 2.75) is 13.8 Å². The molecule has 0 aliphatic heterocycles. The van der Waals surface area contributed by atoms with E-state index >= 15 is 0 Å². The Morgan fingerprint density at radius 2 is 1.95 bits per heavy atom. The number of rotatable bonds is 9. The quantitative estimate of drug-likeness (QED) is 0.704. The minimum absolute atomic E-state index is 0.293. The zero-order chi connectivity index (χ0) is 14.1. The van der Waals surface area contributed by atoms with Gasteiger partial charge in [-0.2, -0.15) is 0 Å². The van der Waals surface area contributed by atoms with E-state index in [4.69, 9.17) is 4.74 Å². The fourth-order valence-electron chi connectivity index (χ4n) is 1.75. The molecule has 0 spiro atoms. The Morgan fingerprint density at radius 1 is 1.21 bits per heavy atom. The summed E-state index contributed by atoms with van der Waals surface area (Å²) in [6.07, 6.45) is 0. The van der Waals surface area contributed by atoms with Crippen molar-refractivity contribution >= 4 is 15.9 Å². The van der Waals surface area contributed by atoms with Crippen molar-refractivity contribution in [2.75, 3.05) is 39.3 Å². The predicted molar refractivity (Wildman–Crippen MR) is 80.3 cm³/mol. The lowest BCUT2D eigenvalue weighted by molar-refractivity contribution is 0.285. The lowest BCUT2D eigenvalue weighted by atomic mass is 10.3. The zero-order valence-corrected chi connectivity index (χ0v) is 13.2. The summed E-state index contributed by atoms with van der Waals surface area (Å²) in [6.45, 7) is 9.75. The zero-order valence-electron chi connectivity index (χ0n) is 11.6. The van der Waals surface area contributed by atoms with E-state index < -0.39 is 0 Å². The molecule has 0 aromatic heterocycles. The maximum Gasteiger partial charge on any atom is 0.128 e. The van der Waals surface area contributed by atoms with Gasteiger partial charge in [-0.1, -0.05) is 29.8 Å². The van der Waals surface area contributed by atoms with Crippen LogP contribution >= 0.6 is 15.9 Å². The molecule has 0 aliphatic carbocycles. The molecule has 0 fully saturated rings. The maximum absolute atomic E-state index is 13.1. The van der Waals surface area contributed by atoms with Crippen LogP contribution in [-0.2, 0) is 0 Å². The molecule has 5 heteroatoms.